The van der Waals surface area contributed by atoms with Crippen molar-refractivity contribution in [2.24, 2.45) is 0 Å². The van der Waals surface area contributed by atoms with Crippen molar-refractivity contribution in [1.29, 1.82) is 0 Å². The van der Waals surface area contributed by atoms with E-state index in [9.17, 15) is 4.79 Å². The van der Waals surface area contributed by atoms with Crippen LogP contribution in [0.1, 0.15) is 23.8 Å². The maximum Gasteiger partial charge on any atom is 0.269 e. The van der Waals surface area contributed by atoms with E-state index in [0.29, 0.717) is 18.3 Å². The zero-order chi connectivity index (χ0) is 12.7. The number of hydrogen-bond acceptors (Lipinski definition) is 4. The Labute approximate surface area is 107 Å². The molecule has 3 rings (SSSR count). The van der Waals surface area contributed by atoms with Crippen LogP contribution in [-0.4, -0.2) is 43.6 Å². The summed E-state index contributed by atoms with van der Waals surface area (Å²) in [5.41, 5.74) is 1.66. The standard InChI is InChI=1S/C13H18N4O/c1-3-14-13(18)10-4-5-11-12(15-10)16(2)9-6-7-17(11)8-9/h4-5,9H,3,6-8H2,1-2H3,(H,14,18)/t9-/m0/s1. The molecule has 1 N–H and O–H groups in total. The van der Waals surface area contributed by atoms with E-state index in [2.05, 4.69) is 27.1 Å². The van der Waals surface area contributed by atoms with Gasteiger partial charge in [-0.25, -0.2) is 4.98 Å². The molecular formula is C13H18N4O. The molecule has 1 amide bonds. The van der Waals surface area contributed by atoms with Crippen LogP contribution in [0.5, 0.6) is 0 Å². The summed E-state index contributed by atoms with van der Waals surface area (Å²) in [5.74, 6) is 0.842. The molecule has 0 unspecified atom stereocenters. The minimum Gasteiger partial charge on any atom is -0.366 e. The number of carbonyl (C=O) groups excluding carboxylic acids is 1. The van der Waals surface area contributed by atoms with Gasteiger partial charge in [0.1, 0.15) is 5.69 Å². The monoisotopic (exact) mass is 246 g/mol. The van der Waals surface area contributed by atoms with Gasteiger partial charge in [0.05, 0.1) is 5.69 Å². The minimum absolute atomic E-state index is 0.0957. The number of aromatic nitrogens is 1. The molecule has 0 radical (unpaired) electrons. The highest BCUT2D eigenvalue weighted by Crippen LogP contribution is 2.37. The van der Waals surface area contributed by atoms with Crippen LogP contribution >= 0.6 is 0 Å². The number of fused-ring (bicyclic) bond motifs is 4. The molecule has 2 aliphatic heterocycles. The predicted molar refractivity (Wildman–Crippen MR) is 71.3 cm³/mol. The van der Waals surface area contributed by atoms with E-state index in [1.807, 2.05) is 19.1 Å². The Morgan fingerprint density at radius 3 is 3.17 bits per heavy atom. The van der Waals surface area contributed by atoms with Crippen LogP contribution < -0.4 is 15.1 Å². The lowest BCUT2D eigenvalue weighted by molar-refractivity contribution is 0.0951. The summed E-state index contributed by atoms with van der Waals surface area (Å²) in [7, 11) is 2.07. The van der Waals surface area contributed by atoms with Gasteiger partial charge in [-0.2, -0.15) is 0 Å². The molecule has 3 heterocycles. The summed E-state index contributed by atoms with van der Waals surface area (Å²) < 4.78 is 0. The predicted octanol–water partition coefficient (Wildman–Crippen LogP) is 0.860. The highest BCUT2D eigenvalue weighted by atomic mass is 16.1. The van der Waals surface area contributed by atoms with Crippen LogP contribution in [0.4, 0.5) is 11.5 Å². The number of likely N-dealkylation sites (N-methyl/N-ethyl adjacent to an activating group) is 1. The van der Waals surface area contributed by atoms with E-state index < -0.39 is 0 Å². The van der Waals surface area contributed by atoms with E-state index in [1.165, 1.54) is 6.42 Å². The number of carbonyl (C=O) groups is 1. The Kier molecular flexibility index (Phi) is 2.61. The van der Waals surface area contributed by atoms with Crippen molar-refractivity contribution in [3.8, 4) is 0 Å². The second-order valence-corrected chi connectivity index (χ2v) is 4.90. The summed E-state index contributed by atoms with van der Waals surface area (Å²) in [6, 6.07) is 4.37. The van der Waals surface area contributed by atoms with Gasteiger partial charge in [0.25, 0.3) is 5.91 Å². The first-order valence-corrected chi connectivity index (χ1v) is 6.47. The van der Waals surface area contributed by atoms with Gasteiger partial charge in [0.2, 0.25) is 0 Å². The summed E-state index contributed by atoms with van der Waals surface area (Å²) in [6.07, 6.45) is 1.17. The molecule has 5 nitrogen and oxygen atoms in total. The third-order valence-electron chi connectivity index (χ3n) is 3.81. The van der Waals surface area contributed by atoms with Gasteiger partial charge in [-0.3, -0.25) is 4.79 Å². The molecule has 5 heteroatoms. The lowest BCUT2D eigenvalue weighted by atomic mass is 10.2. The van der Waals surface area contributed by atoms with Crippen LogP contribution in [0.2, 0.25) is 0 Å². The highest BCUT2D eigenvalue weighted by Gasteiger charge is 2.35. The van der Waals surface area contributed by atoms with Gasteiger partial charge >= 0.3 is 0 Å². The SMILES string of the molecule is CCNC(=O)c1ccc2c(n1)N(C)[C@H]1CCN2C1. The second-order valence-electron chi connectivity index (χ2n) is 4.90. The molecule has 1 aromatic heterocycles. The van der Waals surface area contributed by atoms with Crippen LogP contribution in [-0.2, 0) is 0 Å². The minimum atomic E-state index is -0.0957. The first-order chi connectivity index (χ1) is 8.70. The Morgan fingerprint density at radius 2 is 2.39 bits per heavy atom. The summed E-state index contributed by atoms with van der Waals surface area (Å²) in [5, 5.41) is 2.79. The van der Waals surface area contributed by atoms with E-state index in [0.717, 1.165) is 24.6 Å². The zero-order valence-electron chi connectivity index (χ0n) is 10.8. The molecule has 1 fully saturated rings. The van der Waals surface area contributed by atoms with Gasteiger partial charge in [-0.05, 0) is 25.5 Å². The third-order valence-corrected chi connectivity index (χ3v) is 3.81. The van der Waals surface area contributed by atoms with E-state index in [-0.39, 0.29) is 5.91 Å². The lowest BCUT2D eigenvalue weighted by Crippen LogP contribution is -2.40. The highest BCUT2D eigenvalue weighted by molar-refractivity contribution is 5.93. The van der Waals surface area contributed by atoms with Crippen LogP contribution in [0.15, 0.2) is 12.1 Å². The van der Waals surface area contributed by atoms with Crippen molar-refractivity contribution in [2.75, 3.05) is 36.5 Å². The topological polar surface area (TPSA) is 48.5 Å². The number of pyridine rings is 1. The molecule has 1 saturated heterocycles. The fraction of sp³-hybridized carbons (Fsp3) is 0.538. The lowest BCUT2D eigenvalue weighted by Gasteiger charge is -2.34. The van der Waals surface area contributed by atoms with Crippen molar-refractivity contribution < 1.29 is 4.79 Å². The molecular weight excluding hydrogens is 228 g/mol. The molecule has 18 heavy (non-hydrogen) atoms. The first-order valence-electron chi connectivity index (χ1n) is 6.47. The van der Waals surface area contributed by atoms with Gasteiger partial charge in [0.15, 0.2) is 5.82 Å². The number of anilines is 2. The number of amides is 1. The molecule has 0 aliphatic carbocycles. The summed E-state index contributed by atoms with van der Waals surface area (Å²) >= 11 is 0. The number of hydrogen-bond donors (Lipinski definition) is 1. The Morgan fingerprint density at radius 1 is 1.56 bits per heavy atom. The second kappa shape index (κ2) is 4.15. The van der Waals surface area contributed by atoms with Crippen molar-refractivity contribution >= 4 is 17.4 Å². The molecule has 1 aromatic rings. The summed E-state index contributed by atoms with van der Waals surface area (Å²) in [6.45, 7) is 4.70. The average Bonchev–Trinajstić information content (AvgIpc) is 2.82. The van der Waals surface area contributed by atoms with E-state index in [4.69, 9.17) is 0 Å². The maximum atomic E-state index is 11.8. The third kappa shape index (κ3) is 1.62. The molecule has 1 atom stereocenters. The largest absolute Gasteiger partial charge is 0.366 e. The fourth-order valence-electron chi connectivity index (χ4n) is 2.77. The molecule has 0 saturated carbocycles. The molecule has 96 valence electrons. The average molecular weight is 246 g/mol. The van der Waals surface area contributed by atoms with Gasteiger partial charge in [-0.1, -0.05) is 0 Å². The summed E-state index contributed by atoms with van der Waals surface area (Å²) in [4.78, 5) is 20.9. The molecule has 0 spiro atoms. The number of rotatable bonds is 2. The quantitative estimate of drug-likeness (QED) is 0.841. The van der Waals surface area contributed by atoms with Crippen LogP contribution in [0.3, 0.4) is 0 Å². The van der Waals surface area contributed by atoms with Crippen LogP contribution in [0, 0.1) is 0 Å². The van der Waals surface area contributed by atoms with Gasteiger partial charge in [0, 0.05) is 32.7 Å². The first kappa shape index (κ1) is 11.3. The fourth-order valence-corrected chi connectivity index (χ4v) is 2.77. The van der Waals surface area contributed by atoms with Gasteiger partial charge < -0.3 is 15.1 Å². The Hall–Kier alpha value is -1.78. The molecule has 0 aromatic carbocycles. The van der Waals surface area contributed by atoms with Crippen molar-refractivity contribution in [1.82, 2.24) is 10.3 Å². The van der Waals surface area contributed by atoms with Gasteiger partial charge in [-0.15, -0.1) is 0 Å². The van der Waals surface area contributed by atoms with E-state index in [1.54, 1.807) is 0 Å². The van der Waals surface area contributed by atoms with Crippen molar-refractivity contribution in [2.45, 2.75) is 19.4 Å². The smallest absolute Gasteiger partial charge is 0.269 e. The molecule has 2 aliphatic rings. The number of nitrogens with one attached hydrogen (secondary N) is 1. The van der Waals surface area contributed by atoms with Crippen LogP contribution in [0.25, 0.3) is 0 Å². The normalized spacial score (nSPS) is 20.9. The van der Waals surface area contributed by atoms with Crippen molar-refractivity contribution in [3.05, 3.63) is 17.8 Å². The molecule has 2 bridgehead atoms. The van der Waals surface area contributed by atoms with Crippen molar-refractivity contribution in [3.63, 3.8) is 0 Å². The zero-order valence-corrected chi connectivity index (χ0v) is 10.8. The maximum absolute atomic E-state index is 11.8. The Balaban J connectivity index is 1.98. The Bertz CT molecular complexity index is 488. The number of nitrogens with zero attached hydrogens (tertiary/aromatic N) is 3. The van der Waals surface area contributed by atoms with E-state index >= 15 is 0 Å².